The highest BCUT2D eigenvalue weighted by atomic mass is 79.9. The fraction of sp³-hybridized carbons (Fsp3) is 0.143. The largest absolute Gasteiger partial charge is 1.00 e. The van der Waals surface area contributed by atoms with Gasteiger partial charge in [0.05, 0.1) is 13.1 Å². The molecule has 0 atom stereocenters. The molecule has 0 fully saturated rings. The molecule has 0 aliphatic rings. The molecule has 0 saturated carbocycles. The van der Waals surface area contributed by atoms with Crippen LogP contribution in [0.4, 0.5) is 0 Å². The van der Waals surface area contributed by atoms with Crippen LogP contribution in [0.25, 0.3) is 22.6 Å². The third-order valence-corrected chi connectivity index (χ3v) is 6.10. The van der Waals surface area contributed by atoms with E-state index in [-0.39, 0.29) is 17.0 Å². The zero-order chi connectivity index (χ0) is 23.3. The van der Waals surface area contributed by atoms with Gasteiger partial charge in [-0.1, -0.05) is 36.4 Å². The summed E-state index contributed by atoms with van der Waals surface area (Å²) >= 11 is 12.0. The van der Waals surface area contributed by atoms with Crippen molar-refractivity contribution in [2.45, 2.75) is 13.1 Å². The van der Waals surface area contributed by atoms with Crippen LogP contribution in [0.3, 0.4) is 0 Å². The molecule has 0 amide bonds. The summed E-state index contributed by atoms with van der Waals surface area (Å²) in [4.78, 5) is 0. The maximum absolute atomic E-state index is 6.21. The summed E-state index contributed by atoms with van der Waals surface area (Å²) in [5, 5.41) is 1.41. The average Bonchev–Trinajstić information content (AvgIpc) is 3.45. The molecule has 4 aromatic rings. The third kappa shape index (κ3) is 6.34. The Hall–Kier alpha value is -2.50. The molecule has 0 aliphatic heterocycles. The summed E-state index contributed by atoms with van der Waals surface area (Å²) in [6.07, 6.45) is 3.88. The maximum Gasteiger partial charge on any atom is 0.159 e. The van der Waals surface area contributed by atoms with Crippen LogP contribution >= 0.6 is 23.2 Å². The minimum Gasteiger partial charge on any atom is -1.00 e. The zero-order valence-corrected chi connectivity index (χ0v) is 21.8. The summed E-state index contributed by atoms with van der Waals surface area (Å²) in [5.74, 6) is 3.43. The van der Waals surface area contributed by atoms with E-state index >= 15 is 0 Å². The van der Waals surface area contributed by atoms with Crippen molar-refractivity contribution in [3.05, 3.63) is 120 Å². The van der Waals surface area contributed by atoms with Crippen molar-refractivity contribution in [2.75, 3.05) is 13.1 Å². The van der Waals surface area contributed by atoms with E-state index in [1.165, 1.54) is 0 Å². The molecule has 0 unspecified atom stereocenters. The van der Waals surface area contributed by atoms with Crippen LogP contribution in [0.15, 0.2) is 107 Å². The van der Waals surface area contributed by atoms with E-state index in [2.05, 4.69) is 13.2 Å². The van der Waals surface area contributed by atoms with Crippen molar-refractivity contribution < 1.29 is 30.3 Å². The first-order chi connectivity index (χ1) is 16.0. The minimum atomic E-state index is 0. The number of benzene rings is 2. The number of quaternary nitrogens is 1. The highest BCUT2D eigenvalue weighted by molar-refractivity contribution is 6.30. The Morgan fingerprint density at radius 2 is 1.00 bits per heavy atom. The zero-order valence-electron chi connectivity index (χ0n) is 18.7. The van der Waals surface area contributed by atoms with Crippen LogP contribution in [0.1, 0.15) is 11.5 Å². The quantitative estimate of drug-likeness (QED) is 0.192. The predicted octanol–water partition coefficient (Wildman–Crippen LogP) is 5.41. The van der Waals surface area contributed by atoms with Crippen molar-refractivity contribution in [3.63, 3.8) is 0 Å². The first-order valence-electron chi connectivity index (χ1n) is 10.8. The van der Waals surface area contributed by atoms with Gasteiger partial charge < -0.3 is 30.3 Å². The average molecular weight is 559 g/mol. The Morgan fingerprint density at radius 3 is 1.35 bits per heavy atom. The van der Waals surface area contributed by atoms with Crippen LogP contribution in [0.5, 0.6) is 0 Å². The maximum atomic E-state index is 6.21. The minimum absolute atomic E-state index is 0. The topological polar surface area (TPSA) is 26.3 Å². The number of halogens is 3. The van der Waals surface area contributed by atoms with Gasteiger partial charge in [0.15, 0.2) is 11.5 Å². The predicted molar refractivity (Wildman–Crippen MR) is 136 cm³/mol. The molecule has 0 bridgehead atoms. The standard InChI is InChI=1S/C28H26Cl2NO2.BrH/c1-3-17-31(18-4-2,19-25-13-15-27(32-25)21-5-9-23(29)10-6-21)20-26-14-16-28(33-26)22-7-11-24(30)12-8-22;/h3-16H,1-2,17-20H2;1H/q+1;/p-1. The van der Waals surface area contributed by atoms with E-state index in [1.807, 2.05) is 84.9 Å². The Balaban J connectivity index is 0.00000324. The van der Waals surface area contributed by atoms with Crippen LogP contribution in [0, 0.1) is 0 Å². The number of rotatable bonds is 10. The molecule has 2 aromatic heterocycles. The lowest BCUT2D eigenvalue weighted by Crippen LogP contribution is -3.00. The molecule has 4 rings (SSSR count). The molecule has 2 aromatic carbocycles. The summed E-state index contributed by atoms with van der Waals surface area (Å²) in [6.45, 7) is 10.9. The molecule has 0 aliphatic carbocycles. The lowest BCUT2D eigenvalue weighted by Gasteiger charge is -2.35. The molecular formula is C28H26BrCl2NO2. The first-order valence-corrected chi connectivity index (χ1v) is 11.5. The number of furan rings is 2. The van der Waals surface area contributed by atoms with E-state index < -0.39 is 0 Å². The lowest BCUT2D eigenvalue weighted by molar-refractivity contribution is -0.944. The monoisotopic (exact) mass is 557 g/mol. The van der Waals surface area contributed by atoms with Gasteiger partial charge in [-0.2, -0.15) is 0 Å². The van der Waals surface area contributed by atoms with E-state index in [0.717, 1.165) is 47.3 Å². The van der Waals surface area contributed by atoms with Gasteiger partial charge in [0.2, 0.25) is 0 Å². The van der Waals surface area contributed by atoms with Crippen molar-refractivity contribution in [1.29, 1.82) is 0 Å². The van der Waals surface area contributed by atoms with E-state index in [1.54, 1.807) is 0 Å². The third-order valence-electron chi connectivity index (χ3n) is 5.60. The molecule has 0 N–H and O–H groups in total. The van der Waals surface area contributed by atoms with Gasteiger partial charge in [-0.3, -0.25) is 0 Å². The summed E-state index contributed by atoms with van der Waals surface area (Å²) < 4.78 is 13.1. The van der Waals surface area contributed by atoms with Crippen molar-refractivity contribution in [3.8, 4) is 22.6 Å². The number of hydrogen-bond acceptors (Lipinski definition) is 2. The number of hydrogen-bond donors (Lipinski definition) is 0. The summed E-state index contributed by atoms with van der Waals surface area (Å²) in [6, 6.07) is 23.4. The normalized spacial score (nSPS) is 11.1. The molecule has 176 valence electrons. The van der Waals surface area contributed by atoms with Crippen LogP contribution in [-0.2, 0) is 13.1 Å². The molecule has 34 heavy (non-hydrogen) atoms. The van der Waals surface area contributed by atoms with Crippen molar-refractivity contribution in [2.24, 2.45) is 0 Å². The molecule has 2 heterocycles. The van der Waals surface area contributed by atoms with Crippen molar-refractivity contribution >= 4 is 23.2 Å². The first kappa shape index (κ1) is 26.1. The summed E-state index contributed by atoms with van der Waals surface area (Å²) in [5.41, 5.74) is 1.99. The Labute approximate surface area is 221 Å². The SMILES string of the molecule is C=CC[N+](CC=C)(Cc1ccc(-c2ccc(Cl)cc2)o1)Cc1ccc(-c2ccc(Cl)cc2)o1.[Br-]. The van der Waals surface area contributed by atoms with Crippen molar-refractivity contribution in [1.82, 2.24) is 0 Å². The molecule has 3 nitrogen and oxygen atoms in total. The fourth-order valence-corrected chi connectivity index (χ4v) is 4.31. The van der Waals surface area contributed by atoms with Crippen LogP contribution < -0.4 is 17.0 Å². The fourth-order valence-electron chi connectivity index (χ4n) is 4.06. The smallest absolute Gasteiger partial charge is 0.159 e. The molecule has 6 heteroatoms. The second-order valence-corrected chi connectivity index (χ2v) is 9.02. The second kappa shape index (κ2) is 11.8. The van der Waals surface area contributed by atoms with E-state index in [4.69, 9.17) is 32.0 Å². The lowest BCUT2D eigenvalue weighted by atomic mass is 10.2. The Bertz CT molecular complexity index is 1130. The molecule has 0 saturated heterocycles. The van der Waals surface area contributed by atoms with Crippen LogP contribution in [0.2, 0.25) is 10.0 Å². The van der Waals surface area contributed by atoms with Gasteiger partial charge in [-0.25, -0.2) is 0 Å². The Kier molecular flexibility index (Phi) is 9.03. The molecular weight excluding hydrogens is 533 g/mol. The number of nitrogens with zero attached hydrogens (tertiary/aromatic N) is 1. The molecule has 0 spiro atoms. The Morgan fingerprint density at radius 1 is 0.618 bits per heavy atom. The van der Waals surface area contributed by atoms with Crippen LogP contribution in [-0.4, -0.2) is 17.6 Å². The van der Waals surface area contributed by atoms with Gasteiger partial charge in [0, 0.05) is 21.2 Å². The van der Waals surface area contributed by atoms with E-state index in [0.29, 0.717) is 27.6 Å². The van der Waals surface area contributed by atoms with Gasteiger partial charge in [0.1, 0.15) is 24.6 Å². The summed E-state index contributed by atoms with van der Waals surface area (Å²) in [7, 11) is 0. The van der Waals surface area contributed by atoms with Gasteiger partial charge in [0.25, 0.3) is 0 Å². The van der Waals surface area contributed by atoms with E-state index in [9.17, 15) is 0 Å². The highest BCUT2D eigenvalue weighted by Crippen LogP contribution is 2.29. The van der Waals surface area contributed by atoms with Gasteiger partial charge in [-0.05, 0) is 84.9 Å². The highest BCUT2D eigenvalue weighted by Gasteiger charge is 2.29. The van der Waals surface area contributed by atoms with Gasteiger partial charge in [-0.15, -0.1) is 0 Å². The van der Waals surface area contributed by atoms with Gasteiger partial charge >= 0.3 is 0 Å². The molecule has 0 radical (unpaired) electrons. The second-order valence-electron chi connectivity index (χ2n) is 8.15.